The first-order valence-corrected chi connectivity index (χ1v) is 5.70. The van der Waals surface area contributed by atoms with Gasteiger partial charge in [-0.2, -0.15) is 0 Å². The molecule has 18 heavy (non-hydrogen) atoms. The number of rotatable bonds is 2. The van der Waals surface area contributed by atoms with Crippen LogP contribution in [0.3, 0.4) is 0 Å². The molecular formula is C13H16N2O3. The summed E-state index contributed by atoms with van der Waals surface area (Å²) in [7, 11) is 4.92. The minimum atomic E-state index is -0.352. The highest BCUT2D eigenvalue weighted by Gasteiger charge is 2.32. The van der Waals surface area contributed by atoms with E-state index in [1.54, 1.807) is 36.0 Å². The van der Waals surface area contributed by atoms with Crippen molar-refractivity contribution in [2.24, 2.45) is 0 Å². The number of hydrogen-bond donors (Lipinski definition) is 0. The van der Waals surface area contributed by atoms with Gasteiger partial charge in [0.2, 0.25) is 0 Å². The minimum absolute atomic E-state index is 0.0112. The van der Waals surface area contributed by atoms with Crippen LogP contribution in [0, 0.1) is 0 Å². The molecule has 0 bridgehead atoms. The number of amides is 2. The highest BCUT2D eigenvalue weighted by molar-refractivity contribution is 5.89. The first-order valence-electron chi connectivity index (χ1n) is 5.70. The van der Waals surface area contributed by atoms with Gasteiger partial charge in [0.05, 0.1) is 18.7 Å². The Labute approximate surface area is 106 Å². The van der Waals surface area contributed by atoms with E-state index >= 15 is 0 Å². The summed E-state index contributed by atoms with van der Waals surface area (Å²) in [5.74, 6) is -0.352. The maximum absolute atomic E-state index is 11.7. The van der Waals surface area contributed by atoms with Gasteiger partial charge in [-0.15, -0.1) is 0 Å². The van der Waals surface area contributed by atoms with Crippen molar-refractivity contribution in [3.63, 3.8) is 0 Å². The molecule has 0 saturated carbocycles. The summed E-state index contributed by atoms with van der Waals surface area (Å²) in [5, 5.41) is 0. The third kappa shape index (κ3) is 2.03. The summed E-state index contributed by atoms with van der Waals surface area (Å²) < 4.78 is 4.65. The van der Waals surface area contributed by atoms with Crippen molar-refractivity contribution in [1.29, 1.82) is 0 Å². The normalized spacial score (nSPS) is 19.3. The van der Waals surface area contributed by atoms with Crippen LogP contribution in [-0.4, -0.2) is 49.6 Å². The van der Waals surface area contributed by atoms with Crippen LogP contribution in [0.5, 0.6) is 0 Å². The molecule has 1 aromatic carbocycles. The van der Waals surface area contributed by atoms with E-state index in [0.717, 1.165) is 5.56 Å². The lowest BCUT2D eigenvalue weighted by Crippen LogP contribution is -2.26. The van der Waals surface area contributed by atoms with Crippen molar-refractivity contribution in [3.05, 3.63) is 35.4 Å². The Morgan fingerprint density at radius 3 is 2.33 bits per heavy atom. The molecular weight excluding hydrogens is 232 g/mol. The average Bonchev–Trinajstić information content (AvgIpc) is 2.66. The third-order valence-electron chi connectivity index (χ3n) is 3.26. The SMILES string of the molecule is COC(=O)c1ccc(C2CN(C)C(=O)N2C)cc1. The third-order valence-corrected chi connectivity index (χ3v) is 3.26. The standard InChI is InChI=1S/C13H16N2O3/c1-14-8-11(15(2)13(14)17)9-4-6-10(7-5-9)12(16)18-3/h4-7,11H,8H2,1-3H3. The molecule has 5 heteroatoms. The van der Waals surface area contributed by atoms with Gasteiger partial charge in [-0.1, -0.05) is 12.1 Å². The number of methoxy groups -OCH3 is 1. The van der Waals surface area contributed by atoms with Crippen LogP contribution in [0.4, 0.5) is 4.79 Å². The minimum Gasteiger partial charge on any atom is -0.465 e. The van der Waals surface area contributed by atoms with Crippen molar-refractivity contribution < 1.29 is 14.3 Å². The zero-order valence-electron chi connectivity index (χ0n) is 10.7. The number of carbonyl (C=O) groups is 2. The fourth-order valence-electron chi connectivity index (χ4n) is 2.15. The lowest BCUT2D eigenvalue weighted by atomic mass is 10.0. The van der Waals surface area contributed by atoms with Crippen molar-refractivity contribution in [1.82, 2.24) is 9.80 Å². The van der Waals surface area contributed by atoms with E-state index in [1.807, 2.05) is 12.1 Å². The van der Waals surface area contributed by atoms with Gasteiger partial charge in [0.25, 0.3) is 0 Å². The largest absolute Gasteiger partial charge is 0.465 e. The molecule has 1 aliphatic heterocycles. The topological polar surface area (TPSA) is 49.9 Å². The first kappa shape index (κ1) is 12.4. The van der Waals surface area contributed by atoms with Gasteiger partial charge in [0.15, 0.2) is 0 Å². The molecule has 1 saturated heterocycles. The van der Waals surface area contributed by atoms with Gasteiger partial charge < -0.3 is 14.5 Å². The molecule has 0 N–H and O–H groups in total. The molecule has 0 aromatic heterocycles. The Hall–Kier alpha value is -2.04. The monoisotopic (exact) mass is 248 g/mol. The molecule has 1 unspecified atom stereocenters. The number of ether oxygens (including phenoxy) is 1. The number of carbonyl (C=O) groups excluding carboxylic acids is 2. The summed E-state index contributed by atoms with van der Waals surface area (Å²) in [6.45, 7) is 0.660. The zero-order chi connectivity index (χ0) is 13.3. The molecule has 2 amide bonds. The highest BCUT2D eigenvalue weighted by atomic mass is 16.5. The average molecular weight is 248 g/mol. The van der Waals surface area contributed by atoms with Crippen LogP contribution >= 0.6 is 0 Å². The van der Waals surface area contributed by atoms with Crippen LogP contribution in [0.25, 0.3) is 0 Å². The number of hydrogen-bond acceptors (Lipinski definition) is 3. The molecule has 2 rings (SSSR count). The Balaban J connectivity index is 2.20. The van der Waals surface area contributed by atoms with Crippen LogP contribution in [0.2, 0.25) is 0 Å². The first-order chi connectivity index (χ1) is 8.54. The number of nitrogens with zero attached hydrogens (tertiary/aromatic N) is 2. The number of likely N-dealkylation sites (N-methyl/N-ethyl adjacent to an activating group) is 2. The van der Waals surface area contributed by atoms with Gasteiger partial charge in [0.1, 0.15) is 0 Å². The lowest BCUT2D eigenvalue weighted by Gasteiger charge is -2.18. The van der Waals surface area contributed by atoms with E-state index in [0.29, 0.717) is 12.1 Å². The second-order valence-electron chi connectivity index (χ2n) is 4.40. The van der Waals surface area contributed by atoms with Gasteiger partial charge in [-0.3, -0.25) is 0 Å². The zero-order valence-corrected chi connectivity index (χ0v) is 10.7. The molecule has 1 atom stereocenters. The summed E-state index contributed by atoms with van der Waals surface area (Å²) in [6.07, 6.45) is 0. The summed E-state index contributed by atoms with van der Waals surface area (Å²) in [5.41, 5.74) is 1.53. The van der Waals surface area contributed by atoms with Crippen LogP contribution in [0.1, 0.15) is 22.0 Å². The fraction of sp³-hybridized carbons (Fsp3) is 0.385. The Morgan fingerprint density at radius 1 is 1.28 bits per heavy atom. The summed E-state index contributed by atoms with van der Waals surface area (Å²) in [4.78, 5) is 26.4. The number of benzene rings is 1. The van der Waals surface area contributed by atoms with E-state index in [4.69, 9.17) is 0 Å². The molecule has 0 radical (unpaired) electrons. The van der Waals surface area contributed by atoms with Crippen molar-refractivity contribution >= 4 is 12.0 Å². The van der Waals surface area contributed by atoms with Crippen LogP contribution < -0.4 is 0 Å². The van der Waals surface area contributed by atoms with Crippen molar-refractivity contribution in [2.45, 2.75) is 6.04 Å². The van der Waals surface area contributed by atoms with Crippen LogP contribution in [-0.2, 0) is 4.74 Å². The maximum atomic E-state index is 11.7. The quantitative estimate of drug-likeness (QED) is 0.745. The number of esters is 1. The molecule has 1 aliphatic rings. The smallest absolute Gasteiger partial charge is 0.337 e. The van der Waals surface area contributed by atoms with E-state index in [-0.39, 0.29) is 18.0 Å². The molecule has 96 valence electrons. The van der Waals surface area contributed by atoms with Crippen LogP contribution in [0.15, 0.2) is 24.3 Å². The molecule has 1 heterocycles. The molecule has 1 fully saturated rings. The van der Waals surface area contributed by atoms with Gasteiger partial charge in [-0.05, 0) is 17.7 Å². The summed E-state index contributed by atoms with van der Waals surface area (Å²) in [6, 6.07) is 7.21. The Morgan fingerprint density at radius 2 is 1.89 bits per heavy atom. The Bertz CT molecular complexity index is 470. The van der Waals surface area contributed by atoms with Crippen molar-refractivity contribution in [3.8, 4) is 0 Å². The molecule has 0 spiro atoms. The van der Waals surface area contributed by atoms with Crippen molar-refractivity contribution in [2.75, 3.05) is 27.7 Å². The predicted molar refractivity (Wildman–Crippen MR) is 66.3 cm³/mol. The van der Waals surface area contributed by atoms with Gasteiger partial charge >= 0.3 is 12.0 Å². The highest BCUT2D eigenvalue weighted by Crippen LogP contribution is 2.27. The van der Waals surface area contributed by atoms with E-state index in [1.165, 1.54) is 7.11 Å². The lowest BCUT2D eigenvalue weighted by molar-refractivity contribution is 0.0600. The van der Waals surface area contributed by atoms with E-state index in [2.05, 4.69) is 4.74 Å². The molecule has 0 aliphatic carbocycles. The second kappa shape index (κ2) is 4.68. The summed E-state index contributed by atoms with van der Waals surface area (Å²) >= 11 is 0. The van der Waals surface area contributed by atoms with E-state index in [9.17, 15) is 9.59 Å². The number of urea groups is 1. The predicted octanol–water partition coefficient (Wildman–Crippen LogP) is 1.51. The fourth-order valence-corrected chi connectivity index (χ4v) is 2.15. The van der Waals surface area contributed by atoms with Gasteiger partial charge in [0, 0.05) is 20.6 Å². The Kier molecular flexibility index (Phi) is 3.23. The maximum Gasteiger partial charge on any atom is 0.337 e. The van der Waals surface area contributed by atoms with E-state index < -0.39 is 0 Å². The molecule has 1 aromatic rings. The molecule has 5 nitrogen and oxygen atoms in total. The second-order valence-corrected chi connectivity index (χ2v) is 4.40. The van der Waals surface area contributed by atoms with Gasteiger partial charge in [-0.25, -0.2) is 9.59 Å².